The summed E-state index contributed by atoms with van der Waals surface area (Å²) in [5.74, 6) is 1.60. The molecule has 1 aromatic carbocycles. The second-order valence-corrected chi connectivity index (χ2v) is 7.15. The molecule has 0 amide bonds. The molecule has 0 aliphatic heterocycles. The summed E-state index contributed by atoms with van der Waals surface area (Å²) in [6, 6.07) is 5.68. The lowest BCUT2D eigenvalue weighted by molar-refractivity contribution is 0.200. The number of halogens is 1. The maximum atomic E-state index is 11.8. The lowest BCUT2D eigenvalue weighted by Gasteiger charge is -2.18. The van der Waals surface area contributed by atoms with Crippen LogP contribution >= 0.6 is 11.6 Å². The molecule has 1 aromatic heterocycles. The summed E-state index contributed by atoms with van der Waals surface area (Å²) in [4.78, 5) is 11.8. The Labute approximate surface area is 170 Å². The van der Waals surface area contributed by atoms with E-state index in [0.717, 1.165) is 18.4 Å². The predicted molar refractivity (Wildman–Crippen MR) is 111 cm³/mol. The van der Waals surface area contributed by atoms with Gasteiger partial charge in [-0.05, 0) is 44.9 Å². The molecule has 28 heavy (non-hydrogen) atoms. The third-order valence-electron chi connectivity index (χ3n) is 3.96. The van der Waals surface area contributed by atoms with Crippen LogP contribution in [-0.2, 0) is 6.54 Å². The highest BCUT2D eigenvalue weighted by molar-refractivity contribution is 6.33. The highest BCUT2D eigenvalue weighted by Crippen LogP contribution is 2.31. The smallest absolute Gasteiger partial charge is 0.285 e. The van der Waals surface area contributed by atoms with Crippen molar-refractivity contribution in [2.45, 2.75) is 59.3 Å². The van der Waals surface area contributed by atoms with Crippen molar-refractivity contribution in [1.29, 1.82) is 0 Å². The van der Waals surface area contributed by atoms with E-state index in [0.29, 0.717) is 23.7 Å². The standard InChI is InChI=1S/C20H28ClN3O4/c1-6-7-13(4)28-16-10-14(8-9-15(16)26-5)11-22-18-17(21)19(25)23-24-20(18)27-12(2)3/h8-10,12-13H,6-7,11H2,1-5H3,(H2,22,23,25). The molecule has 0 aliphatic carbocycles. The van der Waals surface area contributed by atoms with E-state index in [1.165, 1.54) is 0 Å². The van der Waals surface area contributed by atoms with Gasteiger partial charge < -0.3 is 19.5 Å². The van der Waals surface area contributed by atoms with Crippen molar-refractivity contribution < 1.29 is 14.2 Å². The van der Waals surface area contributed by atoms with Crippen molar-refractivity contribution in [3.63, 3.8) is 0 Å². The number of benzene rings is 1. The lowest BCUT2D eigenvalue weighted by atomic mass is 10.2. The quantitative estimate of drug-likeness (QED) is 0.605. The van der Waals surface area contributed by atoms with E-state index in [9.17, 15) is 4.79 Å². The van der Waals surface area contributed by atoms with Crippen molar-refractivity contribution in [2.75, 3.05) is 12.4 Å². The van der Waals surface area contributed by atoms with Crippen LogP contribution in [0.15, 0.2) is 23.0 Å². The first-order valence-electron chi connectivity index (χ1n) is 9.37. The Morgan fingerprint density at radius 2 is 1.96 bits per heavy atom. The van der Waals surface area contributed by atoms with Gasteiger partial charge in [0.15, 0.2) is 11.5 Å². The molecule has 0 saturated heterocycles. The number of anilines is 1. The number of ether oxygens (including phenoxy) is 3. The monoisotopic (exact) mass is 409 g/mol. The summed E-state index contributed by atoms with van der Waals surface area (Å²) >= 11 is 6.16. The van der Waals surface area contributed by atoms with Crippen LogP contribution in [0, 0.1) is 0 Å². The lowest BCUT2D eigenvalue weighted by Crippen LogP contribution is -2.17. The van der Waals surface area contributed by atoms with Crippen molar-refractivity contribution in [1.82, 2.24) is 10.2 Å². The fourth-order valence-electron chi connectivity index (χ4n) is 2.67. The molecule has 2 rings (SSSR count). The normalized spacial score (nSPS) is 12.0. The van der Waals surface area contributed by atoms with E-state index in [1.54, 1.807) is 7.11 Å². The molecular weight excluding hydrogens is 382 g/mol. The van der Waals surface area contributed by atoms with Gasteiger partial charge in [0, 0.05) is 6.54 Å². The minimum absolute atomic E-state index is 0.00667. The third-order valence-corrected chi connectivity index (χ3v) is 4.32. The van der Waals surface area contributed by atoms with Crippen LogP contribution in [0.5, 0.6) is 17.4 Å². The minimum atomic E-state index is -0.479. The molecule has 7 nitrogen and oxygen atoms in total. The van der Waals surface area contributed by atoms with Gasteiger partial charge in [-0.15, -0.1) is 5.10 Å². The molecule has 0 bridgehead atoms. The summed E-state index contributed by atoms with van der Waals surface area (Å²) in [6.07, 6.45) is 1.96. The van der Waals surface area contributed by atoms with Crippen molar-refractivity contribution >= 4 is 17.3 Å². The van der Waals surface area contributed by atoms with E-state index < -0.39 is 5.56 Å². The number of aromatic amines is 1. The molecule has 154 valence electrons. The maximum Gasteiger partial charge on any atom is 0.285 e. The zero-order valence-electron chi connectivity index (χ0n) is 17.0. The van der Waals surface area contributed by atoms with E-state index in [2.05, 4.69) is 22.4 Å². The number of hydrogen-bond acceptors (Lipinski definition) is 6. The van der Waals surface area contributed by atoms with Crippen LogP contribution in [0.1, 0.15) is 46.1 Å². The molecule has 0 radical (unpaired) electrons. The molecule has 1 heterocycles. The van der Waals surface area contributed by atoms with Crippen LogP contribution in [0.25, 0.3) is 0 Å². The third kappa shape index (κ3) is 5.79. The maximum absolute atomic E-state index is 11.8. The summed E-state index contributed by atoms with van der Waals surface area (Å²) in [6.45, 7) is 8.30. The molecule has 2 N–H and O–H groups in total. The van der Waals surface area contributed by atoms with Crippen molar-refractivity contribution in [3.8, 4) is 17.4 Å². The molecule has 0 aliphatic rings. The molecule has 0 saturated carbocycles. The fraction of sp³-hybridized carbons (Fsp3) is 0.500. The summed E-state index contributed by atoms with van der Waals surface area (Å²) < 4.78 is 17.1. The zero-order valence-corrected chi connectivity index (χ0v) is 17.7. The predicted octanol–water partition coefficient (Wildman–Crippen LogP) is 4.40. The van der Waals surface area contributed by atoms with Crippen LogP contribution in [0.4, 0.5) is 5.69 Å². The van der Waals surface area contributed by atoms with Crippen LogP contribution in [-0.4, -0.2) is 29.5 Å². The van der Waals surface area contributed by atoms with Gasteiger partial charge in [0.1, 0.15) is 10.7 Å². The number of H-pyrrole nitrogens is 1. The fourth-order valence-corrected chi connectivity index (χ4v) is 2.86. The second-order valence-electron chi connectivity index (χ2n) is 6.77. The first-order valence-corrected chi connectivity index (χ1v) is 9.75. The van der Waals surface area contributed by atoms with Crippen LogP contribution in [0.2, 0.25) is 5.02 Å². The molecular formula is C20H28ClN3O4. The highest BCUT2D eigenvalue weighted by Gasteiger charge is 2.16. The SMILES string of the molecule is CCCC(C)Oc1cc(CNc2c(OC(C)C)n[nH]c(=O)c2Cl)ccc1OC. The van der Waals surface area contributed by atoms with Gasteiger partial charge >= 0.3 is 0 Å². The van der Waals surface area contributed by atoms with Crippen LogP contribution in [0.3, 0.4) is 0 Å². The van der Waals surface area contributed by atoms with Gasteiger partial charge in [-0.2, -0.15) is 0 Å². The molecule has 1 unspecified atom stereocenters. The first kappa shape index (κ1) is 21.9. The Bertz CT molecular complexity index is 839. The summed E-state index contributed by atoms with van der Waals surface area (Å²) in [5, 5.41) is 9.43. The molecule has 8 heteroatoms. The van der Waals surface area contributed by atoms with Crippen molar-refractivity contribution in [2.24, 2.45) is 0 Å². The van der Waals surface area contributed by atoms with Gasteiger partial charge in [0.25, 0.3) is 11.4 Å². The highest BCUT2D eigenvalue weighted by atomic mass is 35.5. The van der Waals surface area contributed by atoms with E-state index in [-0.39, 0.29) is 23.1 Å². The van der Waals surface area contributed by atoms with E-state index >= 15 is 0 Å². The number of hydrogen-bond donors (Lipinski definition) is 2. The van der Waals surface area contributed by atoms with Gasteiger partial charge in [-0.1, -0.05) is 31.0 Å². The van der Waals surface area contributed by atoms with E-state index in [4.69, 9.17) is 25.8 Å². The zero-order chi connectivity index (χ0) is 20.7. The summed E-state index contributed by atoms with van der Waals surface area (Å²) in [7, 11) is 1.61. The second kappa shape index (κ2) is 10.2. The molecule has 0 spiro atoms. The molecule has 2 aromatic rings. The Balaban J connectivity index is 2.23. The average molecular weight is 410 g/mol. The van der Waals surface area contributed by atoms with Crippen molar-refractivity contribution in [3.05, 3.63) is 39.1 Å². The van der Waals surface area contributed by atoms with Gasteiger partial charge in [0.2, 0.25) is 0 Å². The molecule has 1 atom stereocenters. The topological polar surface area (TPSA) is 85.5 Å². The number of nitrogens with zero attached hydrogens (tertiary/aromatic N) is 1. The van der Waals surface area contributed by atoms with Gasteiger partial charge in [-0.25, -0.2) is 5.10 Å². The Kier molecular flexibility index (Phi) is 7.99. The number of nitrogens with one attached hydrogen (secondary N) is 2. The summed E-state index contributed by atoms with van der Waals surface area (Å²) in [5.41, 5.74) is 0.815. The number of methoxy groups -OCH3 is 1. The van der Waals surface area contributed by atoms with Gasteiger partial charge in [-0.3, -0.25) is 4.79 Å². The first-order chi connectivity index (χ1) is 13.3. The van der Waals surface area contributed by atoms with Crippen LogP contribution < -0.4 is 25.1 Å². The average Bonchev–Trinajstić information content (AvgIpc) is 2.64. The Morgan fingerprint density at radius 1 is 1.21 bits per heavy atom. The minimum Gasteiger partial charge on any atom is -0.493 e. The number of aromatic nitrogens is 2. The largest absolute Gasteiger partial charge is 0.493 e. The van der Waals surface area contributed by atoms with Gasteiger partial charge in [0.05, 0.1) is 19.3 Å². The Morgan fingerprint density at radius 3 is 2.61 bits per heavy atom. The molecule has 0 fully saturated rings. The number of rotatable bonds is 10. The Hall–Kier alpha value is -2.41. The van der Waals surface area contributed by atoms with E-state index in [1.807, 2.05) is 39.0 Å².